The van der Waals surface area contributed by atoms with Crippen molar-refractivity contribution >= 4 is 42.9 Å². The minimum atomic E-state index is 0.768. The zero-order valence-electron chi connectivity index (χ0n) is 30.4. The first kappa shape index (κ1) is 39.5. The first-order valence-corrected chi connectivity index (χ1v) is 21.2. The third kappa shape index (κ3) is 13.8. The molecule has 0 saturated carbocycles. The standard InChI is InChI=1S/C44H60Br2N2O/c1-3-5-7-8-9-10-11-12-13-14-15-16-17-18-19-20-21-22-34-49-38-30-28-37(29-31-38)42-41(36-26-24-35(25-27-36)23-6-4-2)47-43-39(45)32-33-40(46)44(43)48-42/h24-33H,3-23,34H2,1-2H3. The van der Waals surface area contributed by atoms with E-state index in [1.54, 1.807) is 0 Å². The summed E-state index contributed by atoms with van der Waals surface area (Å²) in [7, 11) is 0. The molecule has 0 bridgehead atoms. The third-order valence-corrected chi connectivity index (χ3v) is 10.9. The number of halogens is 2. The van der Waals surface area contributed by atoms with Gasteiger partial charge < -0.3 is 4.74 Å². The van der Waals surface area contributed by atoms with Gasteiger partial charge in [0.05, 0.1) is 18.0 Å². The number of unbranched alkanes of at least 4 members (excludes halogenated alkanes) is 18. The Bertz CT molecular complexity index is 1490. The van der Waals surface area contributed by atoms with Gasteiger partial charge in [0.2, 0.25) is 0 Å². The maximum Gasteiger partial charge on any atom is 0.119 e. The van der Waals surface area contributed by atoms with Gasteiger partial charge in [-0.15, -0.1) is 0 Å². The summed E-state index contributed by atoms with van der Waals surface area (Å²) >= 11 is 7.40. The first-order valence-electron chi connectivity index (χ1n) is 19.6. The Kier molecular flexibility index (Phi) is 18.8. The van der Waals surface area contributed by atoms with Crippen molar-refractivity contribution in [3.63, 3.8) is 0 Å². The van der Waals surface area contributed by atoms with E-state index in [0.717, 1.165) is 67.7 Å². The molecule has 49 heavy (non-hydrogen) atoms. The summed E-state index contributed by atoms with van der Waals surface area (Å²) in [4.78, 5) is 10.3. The fourth-order valence-corrected chi connectivity index (χ4v) is 7.41. The van der Waals surface area contributed by atoms with E-state index < -0.39 is 0 Å². The number of hydrogen-bond acceptors (Lipinski definition) is 3. The van der Waals surface area contributed by atoms with Crippen molar-refractivity contribution in [2.24, 2.45) is 0 Å². The molecule has 0 unspecified atom stereocenters. The topological polar surface area (TPSA) is 35.0 Å². The number of nitrogens with zero attached hydrogens (tertiary/aromatic N) is 2. The van der Waals surface area contributed by atoms with Crippen molar-refractivity contribution in [1.82, 2.24) is 9.97 Å². The summed E-state index contributed by atoms with van der Waals surface area (Å²) in [6, 6.07) is 21.3. The van der Waals surface area contributed by atoms with Gasteiger partial charge in [0.15, 0.2) is 0 Å². The van der Waals surface area contributed by atoms with Crippen LogP contribution in [0.3, 0.4) is 0 Å². The predicted octanol–water partition coefficient (Wildman–Crippen LogP) is 15.3. The number of benzene rings is 3. The third-order valence-electron chi connectivity index (χ3n) is 9.67. The van der Waals surface area contributed by atoms with Gasteiger partial charge >= 0.3 is 0 Å². The fourth-order valence-electron chi connectivity index (χ4n) is 6.59. The minimum Gasteiger partial charge on any atom is -0.494 e. The second-order valence-electron chi connectivity index (χ2n) is 13.8. The van der Waals surface area contributed by atoms with Crippen molar-refractivity contribution in [1.29, 1.82) is 0 Å². The highest BCUT2D eigenvalue weighted by atomic mass is 79.9. The zero-order valence-corrected chi connectivity index (χ0v) is 33.6. The Morgan fingerprint density at radius 2 is 0.837 bits per heavy atom. The average Bonchev–Trinajstić information content (AvgIpc) is 3.13. The molecule has 266 valence electrons. The Morgan fingerprint density at radius 1 is 0.449 bits per heavy atom. The molecule has 3 nitrogen and oxygen atoms in total. The molecule has 1 heterocycles. The molecular weight excluding hydrogens is 732 g/mol. The van der Waals surface area contributed by atoms with Gasteiger partial charge in [0, 0.05) is 20.1 Å². The Balaban J connectivity index is 1.17. The molecule has 0 aliphatic carbocycles. The maximum absolute atomic E-state index is 6.14. The molecule has 0 radical (unpaired) electrons. The van der Waals surface area contributed by atoms with Gasteiger partial charge in [-0.2, -0.15) is 0 Å². The summed E-state index contributed by atoms with van der Waals surface area (Å²) in [6.07, 6.45) is 28.5. The number of rotatable bonds is 25. The smallest absolute Gasteiger partial charge is 0.119 e. The lowest BCUT2D eigenvalue weighted by Crippen LogP contribution is -1.99. The highest BCUT2D eigenvalue weighted by molar-refractivity contribution is 9.11. The van der Waals surface area contributed by atoms with Crippen LogP contribution in [0, 0.1) is 0 Å². The normalized spacial score (nSPS) is 11.4. The Morgan fingerprint density at radius 3 is 1.27 bits per heavy atom. The molecule has 5 heteroatoms. The van der Waals surface area contributed by atoms with Crippen molar-refractivity contribution in [2.75, 3.05) is 6.61 Å². The number of hydrogen-bond donors (Lipinski definition) is 0. The van der Waals surface area contributed by atoms with Crippen LogP contribution < -0.4 is 4.74 Å². The van der Waals surface area contributed by atoms with Crippen molar-refractivity contribution in [2.45, 2.75) is 149 Å². The van der Waals surface area contributed by atoms with E-state index in [1.165, 1.54) is 128 Å². The van der Waals surface area contributed by atoms with Gasteiger partial charge in [-0.3, -0.25) is 0 Å². The number of ether oxygens (including phenoxy) is 1. The SMILES string of the molecule is CCCCCCCCCCCCCCCCCCCCOc1ccc(-c2nc3c(Br)ccc(Br)c3nc2-c2ccc(CCCC)cc2)cc1. The van der Waals surface area contributed by atoms with E-state index in [1.807, 2.05) is 12.1 Å². The molecule has 0 saturated heterocycles. The summed E-state index contributed by atoms with van der Waals surface area (Å²) in [5.74, 6) is 0.912. The van der Waals surface area contributed by atoms with E-state index in [9.17, 15) is 0 Å². The average molecular weight is 793 g/mol. The second kappa shape index (κ2) is 23.3. The van der Waals surface area contributed by atoms with Crippen LogP contribution in [0.15, 0.2) is 69.6 Å². The van der Waals surface area contributed by atoms with Crippen LogP contribution in [0.25, 0.3) is 33.5 Å². The van der Waals surface area contributed by atoms with E-state index in [4.69, 9.17) is 14.7 Å². The lowest BCUT2D eigenvalue weighted by atomic mass is 10.0. The molecule has 0 aliphatic rings. The van der Waals surface area contributed by atoms with Crippen LogP contribution in [0.1, 0.15) is 148 Å². The van der Waals surface area contributed by atoms with Gasteiger partial charge in [-0.1, -0.05) is 154 Å². The number of aryl methyl sites for hydroxylation is 1. The van der Waals surface area contributed by atoms with Crippen LogP contribution in [-0.4, -0.2) is 16.6 Å². The predicted molar refractivity (Wildman–Crippen MR) is 219 cm³/mol. The molecule has 0 spiro atoms. The fraction of sp³-hybridized carbons (Fsp3) is 0.545. The Labute approximate surface area is 314 Å². The molecule has 0 atom stereocenters. The zero-order chi connectivity index (χ0) is 34.5. The quantitative estimate of drug-likeness (QED) is 0.0627. The van der Waals surface area contributed by atoms with E-state index in [-0.39, 0.29) is 0 Å². The maximum atomic E-state index is 6.14. The number of fused-ring (bicyclic) bond motifs is 1. The summed E-state index contributed by atoms with van der Waals surface area (Å²) in [5, 5.41) is 0. The largest absolute Gasteiger partial charge is 0.494 e. The van der Waals surface area contributed by atoms with Crippen LogP contribution in [0.2, 0.25) is 0 Å². The highest BCUT2D eigenvalue weighted by Gasteiger charge is 2.16. The van der Waals surface area contributed by atoms with Crippen molar-refractivity contribution in [3.8, 4) is 28.3 Å². The second-order valence-corrected chi connectivity index (χ2v) is 15.5. The Hall–Kier alpha value is -2.24. The molecule has 0 amide bonds. The molecule has 4 rings (SSSR count). The number of aromatic nitrogens is 2. The van der Waals surface area contributed by atoms with Gasteiger partial charge in [0.25, 0.3) is 0 Å². The van der Waals surface area contributed by atoms with Crippen LogP contribution in [0.5, 0.6) is 5.75 Å². The van der Waals surface area contributed by atoms with Crippen LogP contribution in [-0.2, 0) is 6.42 Å². The van der Waals surface area contributed by atoms with Crippen LogP contribution >= 0.6 is 31.9 Å². The molecule has 1 aromatic heterocycles. The molecule has 0 aliphatic heterocycles. The first-order chi connectivity index (χ1) is 24.1. The van der Waals surface area contributed by atoms with E-state index in [0.29, 0.717) is 0 Å². The molecule has 3 aromatic carbocycles. The molecular formula is C44H60Br2N2O. The van der Waals surface area contributed by atoms with Gasteiger partial charge in [-0.05, 0) is 93.1 Å². The van der Waals surface area contributed by atoms with E-state index >= 15 is 0 Å². The summed E-state index contributed by atoms with van der Waals surface area (Å²) < 4.78 is 8.02. The highest BCUT2D eigenvalue weighted by Crippen LogP contribution is 2.36. The van der Waals surface area contributed by atoms with Crippen molar-refractivity contribution < 1.29 is 4.74 Å². The minimum absolute atomic E-state index is 0.768. The van der Waals surface area contributed by atoms with Gasteiger partial charge in [-0.25, -0.2) is 9.97 Å². The summed E-state index contributed by atoms with van der Waals surface area (Å²) in [5.41, 5.74) is 6.94. The van der Waals surface area contributed by atoms with Gasteiger partial charge in [0.1, 0.15) is 16.8 Å². The lowest BCUT2D eigenvalue weighted by Gasteiger charge is -2.13. The molecule has 0 fully saturated rings. The van der Waals surface area contributed by atoms with E-state index in [2.05, 4.69) is 94.2 Å². The molecule has 4 aromatic rings. The monoisotopic (exact) mass is 790 g/mol. The van der Waals surface area contributed by atoms with Crippen LogP contribution in [0.4, 0.5) is 0 Å². The lowest BCUT2D eigenvalue weighted by molar-refractivity contribution is 0.304. The summed E-state index contributed by atoms with van der Waals surface area (Å²) in [6.45, 7) is 5.30. The van der Waals surface area contributed by atoms with Crippen molar-refractivity contribution in [3.05, 3.63) is 75.2 Å². The molecule has 0 N–H and O–H groups in total.